The van der Waals surface area contributed by atoms with Crippen LogP contribution in [0.3, 0.4) is 0 Å². The maximum atomic E-state index is 12.1. The summed E-state index contributed by atoms with van der Waals surface area (Å²) in [4.78, 5) is 16.4. The molecule has 7 heteroatoms. The van der Waals surface area contributed by atoms with Crippen molar-refractivity contribution in [2.24, 2.45) is 4.99 Å². The molecule has 2 aromatic rings. The van der Waals surface area contributed by atoms with E-state index in [-0.39, 0.29) is 29.9 Å². The number of nitrogens with zero attached hydrogens (tertiary/aromatic N) is 1. The SMILES string of the molecule is CN=C(NCCNC(=O)c1cccc(C)c1)NCCc1ccc2c(c1)CCO2.I. The van der Waals surface area contributed by atoms with E-state index in [0.717, 1.165) is 43.3 Å². The Labute approximate surface area is 189 Å². The largest absolute Gasteiger partial charge is 0.493 e. The first-order chi connectivity index (χ1) is 13.7. The Morgan fingerprint density at radius 1 is 1.07 bits per heavy atom. The van der Waals surface area contributed by atoms with Gasteiger partial charge in [-0.15, -0.1) is 24.0 Å². The van der Waals surface area contributed by atoms with E-state index in [4.69, 9.17) is 4.74 Å². The molecule has 0 aromatic heterocycles. The molecule has 29 heavy (non-hydrogen) atoms. The van der Waals surface area contributed by atoms with Gasteiger partial charge in [0.05, 0.1) is 6.61 Å². The molecule has 3 rings (SSSR count). The average molecular weight is 508 g/mol. The molecular formula is C22H29IN4O2. The average Bonchev–Trinajstić information content (AvgIpc) is 3.17. The van der Waals surface area contributed by atoms with Crippen molar-refractivity contribution in [2.45, 2.75) is 19.8 Å². The number of aliphatic imine (C=N–C) groups is 1. The minimum atomic E-state index is -0.0611. The maximum Gasteiger partial charge on any atom is 0.251 e. The maximum absolute atomic E-state index is 12.1. The number of benzene rings is 2. The topological polar surface area (TPSA) is 74.8 Å². The van der Waals surface area contributed by atoms with Crippen molar-refractivity contribution in [3.8, 4) is 5.75 Å². The van der Waals surface area contributed by atoms with Crippen LogP contribution in [-0.4, -0.2) is 45.2 Å². The number of nitrogens with one attached hydrogen (secondary N) is 3. The Hall–Kier alpha value is -2.29. The van der Waals surface area contributed by atoms with Crippen molar-refractivity contribution in [3.63, 3.8) is 0 Å². The van der Waals surface area contributed by atoms with Gasteiger partial charge >= 0.3 is 0 Å². The van der Waals surface area contributed by atoms with E-state index in [0.29, 0.717) is 18.7 Å². The lowest BCUT2D eigenvalue weighted by Gasteiger charge is -2.13. The Kier molecular flexibility index (Phi) is 9.24. The molecule has 0 spiro atoms. The molecule has 0 fully saturated rings. The van der Waals surface area contributed by atoms with Gasteiger partial charge in [0.15, 0.2) is 5.96 Å². The molecule has 1 aliphatic rings. The molecule has 0 bridgehead atoms. The van der Waals surface area contributed by atoms with Crippen LogP contribution < -0.4 is 20.7 Å². The van der Waals surface area contributed by atoms with Gasteiger partial charge in [0.1, 0.15) is 5.75 Å². The van der Waals surface area contributed by atoms with Crippen molar-refractivity contribution in [1.82, 2.24) is 16.0 Å². The van der Waals surface area contributed by atoms with Crippen LogP contribution in [0.1, 0.15) is 27.0 Å². The molecule has 0 atom stereocenters. The summed E-state index contributed by atoms with van der Waals surface area (Å²) in [6.45, 7) is 4.68. The van der Waals surface area contributed by atoms with E-state index in [2.05, 4.69) is 39.1 Å². The summed E-state index contributed by atoms with van der Waals surface area (Å²) in [6.07, 6.45) is 1.91. The van der Waals surface area contributed by atoms with Crippen LogP contribution in [0.5, 0.6) is 5.75 Å². The van der Waals surface area contributed by atoms with Gasteiger partial charge < -0.3 is 20.7 Å². The van der Waals surface area contributed by atoms with Crippen molar-refractivity contribution < 1.29 is 9.53 Å². The van der Waals surface area contributed by atoms with Crippen LogP contribution in [0.25, 0.3) is 0 Å². The van der Waals surface area contributed by atoms with E-state index < -0.39 is 0 Å². The molecule has 3 N–H and O–H groups in total. The third-order valence-corrected chi connectivity index (χ3v) is 4.67. The van der Waals surface area contributed by atoms with Crippen LogP contribution in [0, 0.1) is 6.92 Å². The second kappa shape index (κ2) is 11.6. The minimum absolute atomic E-state index is 0. The van der Waals surface area contributed by atoms with E-state index >= 15 is 0 Å². The molecule has 6 nitrogen and oxygen atoms in total. The number of carbonyl (C=O) groups excluding carboxylic acids is 1. The smallest absolute Gasteiger partial charge is 0.251 e. The Morgan fingerprint density at radius 2 is 1.86 bits per heavy atom. The van der Waals surface area contributed by atoms with Crippen LogP contribution >= 0.6 is 24.0 Å². The lowest BCUT2D eigenvalue weighted by atomic mass is 10.1. The number of hydrogen-bond acceptors (Lipinski definition) is 3. The molecule has 0 saturated carbocycles. The third kappa shape index (κ3) is 6.92. The summed E-state index contributed by atoms with van der Waals surface area (Å²) in [7, 11) is 1.74. The summed E-state index contributed by atoms with van der Waals surface area (Å²) in [5.74, 6) is 1.69. The number of ether oxygens (including phenoxy) is 1. The van der Waals surface area contributed by atoms with E-state index in [9.17, 15) is 4.79 Å². The molecule has 0 unspecified atom stereocenters. The van der Waals surface area contributed by atoms with Crippen molar-refractivity contribution in [2.75, 3.05) is 33.3 Å². The molecule has 0 saturated heterocycles. The number of carbonyl (C=O) groups is 1. The molecule has 156 valence electrons. The molecule has 0 radical (unpaired) electrons. The van der Waals surface area contributed by atoms with Crippen molar-refractivity contribution in [3.05, 3.63) is 64.7 Å². The second-order valence-corrected chi connectivity index (χ2v) is 6.84. The lowest BCUT2D eigenvalue weighted by molar-refractivity contribution is 0.0954. The number of amides is 1. The van der Waals surface area contributed by atoms with Crippen LogP contribution in [0.4, 0.5) is 0 Å². The fourth-order valence-electron chi connectivity index (χ4n) is 3.19. The predicted molar refractivity (Wildman–Crippen MR) is 128 cm³/mol. The van der Waals surface area contributed by atoms with Gasteiger partial charge in [-0.3, -0.25) is 9.79 Å². The summed E-state index contributed by atoms with van der Waals surface area (Å²) < 4.78 is 5.54. The molecule has 0 aliphatic carbocycles. The first-order valence-electron chi connectivity index (χ1n) is 9.69. The summed E-state index contributed by atoms with van der Waals surface area (Å²) in [5.41, 5.74) is 4.34. The fourth-order valence-corrected chi connectivity index (χ4v) is 3.19. The quantitative estimate of drug-likeness (QED) is 0.233. The van der Waals surface area contributed by atoms with Crippen LogP contribution in [-0.2, 0) is 12.8 Å². The van der Waals surface area contributed by atoms with Crippen LogP contribution in [0.15, 0.2) is 47.5 Å². The molecule has 1 amide bonds. The first-order valence-corrected chi connectivity index (χ1v) is 9.69. The van der Waals surface area contributed by atoms with E-state index in [1.54, 1.807) is 7.05 Å². The van der Waals surface area contributed by atoms with Gasteiger partial charge in [0, 0.05) is 38.7 Å². The first kappa shape index (κ1) is 23.0. The molecule has 1 heterocycles. The van der Waals surface area contributed by atoms with Gasteiger partial charge in [-0.1, -0.05) is 29.8 Å². The summed E-state index contributed by atoms with van der Waals surface area (Å²) >= 11 is 0. The lowest BCUT2D eigenvalue weighted by Crippen LogP contribution is -2.42. The number of hydrogen-bond donors (Lipinski definition) is 3. The number of fused-ring (bicyclic) bond motifs is 1. The highest BCUT2D eigenvalue weighted by Gasteiger charge is 2.11. The number of rotatable bonds is 7. The minimum Gasteiger partial charge on any atom is -0.493 e. The van der Waals surface area contributed by atoms with Gasteiger partial charge in [-0.25, -0.2) is 0 Å². The van der Waals surface area contributed by atoms with E-state index in [1.807, 2.05) is 31.2 Å². The predicted octanol–water partition coefficient (Wildman–Crippen LogP) is 2.69. The van der Waals surface area contributed by atoms with Gasteiger partial charge in [-0.2, -0.15) is 0 Å². The monoisotopic (exact) mass is 508 g/mol. The molecule has 2 aromatic carbocycles. The standard InChI is InChI=1S/C22H28N4O2.HI/c1-16-4-3-5-19(14-16)21(27)24-11-12-26-22(23-2)25-10-8-17-6-7-20-18(15-17)9-13-28-20;/h3-7,14-15H,8-13H2,1-2H3,(H,24,27)(H2,23,25,26);1H. The normalized spacial score (nSPS) is 12.4. The van der Waals surface area contributed by atoms with Crippen LogP contribution in [0.2, 0.25) is 0 Å². The zero-order valence-electron chi connectivity index (χ0n) is 17.0. The molecule has 1 aliphatic heterocycles. The number of aryl methyl sites for hydroxylation is 1. The van der Waals surface area contributed by atoms with Crippen molar-refractivity contribution in [1.29, 1.82) is 0 Å². The third-order valence-electron chi connectivity index (χ3n) is 4.67. The van der Waals surface area contributed by atoms with Gasteiger partial charge in [-0.05, 0) is 42.7 Å². The zero-order chi connectivity index (χ0) is 19.8. The van der Waals surface area contributed by atoms with Gasteiger partial charge in [0.25, 0.3) is 5.91 Å². The summed E-state index contributed by atoms with van der Waals surface area (Å²) in [6, 6.07) is 14.0. The van der Waals surface area contributed by atoms with Gasteiger partial charge in [0.2, 0.25) is 0 Å². The number of guanidine groups is 1. The summed E-state index contributed by atoms with van der Waals surface area (Å²) in [5, 5.41) is 9.44. The molecular weight excluding hydrogens is 479 g/mol. The zero-order valence-corrected chi connectivity index (χ0v) is 19.3. The van der Waals surface area contributed by atoms with E-state index in [1.165, 1.54) is 11.1 Å². The Bertz CT molecular complexity index is 854. The fraction of sp³-hybridized carbons (Fsp3) is 0.364. The Balaban J connectivity index is 0.00000300. The highest BCUT2D eigenvalue weighted by Crippen LogP contribution is 2.25. The number of halogens is 1. The second-order valence-electron chi connectivity index (χ2n) is 6.84. The van der Waals surface area contributed by atoms with Crippen molar-refractivity contribution >= 4 is 35.8 Å². The highest BCUT2D eigenvalue weighted by atomic mass is 127. The Morgan fingerprint density at radius 3 is 2.66 bits per heavy atom. The highest BCUT2D eigenvalue weighted by molar-refractivity contribution is 14.0.